The second kappa shape index (κ2) is 8.05. The van der Waals surface area contributed by atoms with Crippen LogP contribution in [0.3, 0.4) is 0 Å². The summed E-state index contributed by atoms with van der Waals surface area (Å²) in [6.07, 6.45) is 3.13. The number of carbonyl (C=O) groups is 1. The number of fused-ring (bicyclic) bond motifs is 2. The maximum atomic E-state index is 13.4. The Morgan fingerprint density at radius 1 is 1.09 bits per heavy atom. The average Bonchev–Trinajstić information content (AvgIpc) is 3.66. The van der Waals surface area contributed by atoms with E-state index in [2.05, 4.69) is 15.3 Å². The van der Waals surface area contributed by atoms with Crippen molar-refractivity contribution in [1.82, 2.24) is 29.4 Å². The van der Waals surface area contributed by atoms with Crippen LogP contribution in [0, 0.1) is 0 Å². The summed E-state index contributed by atoms with van der Waals surface area (Å²) < 4.78 is 3.47. The van der Waals surface area contributed by atoms with Gasteiger partial charge in [-0.15, -0.1) is 0 Å². The number of carbonyl (C=O) groups excluding carboxylic acids is 1. The fourth-order valence-corrected chi connectivity index (χ4v) is 4.51. The number of aromatic amines is 1. The Morgan fingerprint density at radius 3 is 2.57 bits per heavy atom. The molecule has 35 heavy (non-hydrogen) atoms. The van der Waals surface area contributed by atoms with Crippen molar-refractivity contribution < 1.29 is 4.79 Å². The van der Waals surface area contributed by atoms with Gasteiger partial charge in [0.1, 0.15) is 17.5 Å². The highest BCUT2D eigenvalue weighted by Gasteiger charge is 2.28. The molecule has 1 unspecified atom stereocenters. The number of rotatable bonds is 5. The quantitative estimate of drug-likeness (QED) is 0.413. The van der Waals surface area contributed by atoms with Gasteiger partial charge < -0.3 is 9.88 Å². The molecule has 1 aliphatic rings. The van der Waals surface area contributed by atoms with Gasteiger partial charge in [-0.05, 0) is 36.6 Å². The van der Waals surface area contributed by atoms with Crippen molar-refractivity contribution in [3.63, 3.8) is 0 Å². The Kier molecular flexibility index (Phi) is 4.84. The van der Waals surface area contributed by atoms with E-state index < -0.39 is 23.2 Å². The predicted octanol–water partition coefficient (Wildman–Crippen LogP) is 2.83. The molecule has 0 bridgehead atoms. The van der Waals surface area contributed by atoms with E-state index in [-0.39, 0.29) is 17.0 Å². The average molecular weight is 467 g/mol. The molecule has 174 valence electrons. The van der Waals surface area contributed by atoms with Crippen LogP contribution in [0.5, 0.6) is 0 Å². The highest BCUT2D eigenvalue weighted by atomic mass is 16.2. The number of hydrogen-bond acceptors (Lipinski definition) is 5. The molecular weight excluding hydrogens is 444 g/mol. The minimum Gasteiger partial charge on any atom is -0.338 e. The third kappa shape index (κ3) is 3.61. The van der Waals surface area contributed by atoms with Gasteiger partial charge in [-0.2, -0.15) is 0 Å². The van der Waals surface area contributed by atoms with Gasteiger partial charge in [0, 0.05) is 19.3 Å². The van der Waals surface area contributed by atoms with E-state index in [1.54, 1.807) is 0 Å². The molecule has 1 amide bonds. The number of nitrogens with one attached hydrogen (secondary N) is 2. The zero-order valence-electron chi connectivity index (χ0n) is 18.9. The Balaban J connectivity index is 1.42. The van der Waals surface area contributed by atoms with Crippen molar-refractivity contribution in [3.8, 4) is 0 Å². The lowest BCUT2D eigenvalue weighted by Crippen LogP contribution is -2.32. The van der Waals surface area contributed by atoms with Crippen LogP contribution in [0.2, 0.25) is 0 Å². The molecule has 3 heterocycles. The van der Waals surface area contributed by atoms with Gasteiger partial charge >= 0.3 is 5.69 Å². The Bertz CT molecular complexity index is 1710. The van der Waals surface area contributed by atoms with E-state index in [9.17, 15) is 14.4 Å². The number of nitrogens with zero attached hydrogens (tertiary/aromatic N) is 4. The van der Waals surface area contributed by atoms with Crippen LogP contribution in [0.15, 0.2) is 76.4 Å². The number of hydrogen-bond donors (Lipinski definition) is 2. The van der Waals surface area contributed by atoms with Gasteiger partial charge in [0.15, 0.2) is 0 Å². The summed E-state index contributed by atoms with van der Waals surface area (Å²) in [6.45, 7) is 0. The lowest BCUT2D eigenvalue weighted by atomic mass is 10.1. The summed E-state index contributed by atoms with van der Waals surface area (Å²) >= 11 is 0. The largest absolute Gasteiger partial charge is 0.338 e. The van der Waals surface area contributed by atoms with E-state index in [1.807, 2.05) is 66.2 Å². The van der Waals surface area contributed by atoms with Crippen LogP contribution in [0.4, 0.5) is 0 Å². The van der Waals surface area contributed by atoms with Crippen molar-refractivity contribution in [2.45, 2.75) is 24.9 Å². The van der Waals surface area contributed by atoms with Crippen LogP contribution in [-0.4, -0.2) is 30.0 Å². The van der Waals surface area contributed by atoms with Crippen LogP contribution in [-0.2, 0) is 7.05 Å². The zero-order valence-corrected chi connectivity index (χ0v) is 18.9. The normalized spacial score (nSPS) is 14.3. The van der Waals surface area contributed by atoms with E-state index in [4.69, 9.17) is 4.98 Å². The molecule has 1 saturated carbocycles. The monoisotopic (exact) mass is 466 g/mol. The summed E-state index contributed by atoms with van der Waals surface area (Å²) in [5.41, 5.74) is 2.15. The van der Waals surface area contributed by atoms with Crippen molar-refractivity contribution >= 4 is 28.0 Å². The highest BCUT2D eigenvalue weighted by Crippen LogP contribution is 2.34. The highest BCUT2D eigenvalue weighted by molar-refractivity contribution is 5.97. The third-order valence-corrected chi connectivity index (χ3v) is 6.44. The maximum Gasteiger partial charge on any atom is 0.330 e. The van der Waals surface area contributed by atoms with Gasteiger partial charge in [0.25, 0.3) is 11.5 Å². The zero-order chi connectivity index (χ0) is 24.1. The number of benzene rings is 2. The van der Waals surface area contributed by atoms with Crippen molar-refractivity contribution in [1.29, 1.82) is 0 Å². The fourth-order valence-electron chi connectivity index (χ4n) is 4.51. The maximum absolute atomic E-state index is 13.4. The molecule has 0 aliphatic heterocycles. The number of aromatic nitrogens is 5. The molecule has 6 rings (SSSR count). The summed E-state index contributed by atoms with van der Waals surface area (Å²) in [7, 11) is 1.92. The molecule has 2 N–H and O–H groups in total. The molecule has 9 heteroatoms. The Hall–Kier alpha value is -4.53. The lowest BCUT2D eigenvalue weighted by Gasteiger charge is -2.19. The first-order valence-corrected chi connectivity index (χ1v) is 11.4. The molecule has 1 aliphatic carbocycles. The van der Waals surface area contributed by atoms with Crippen LogP contribution in [0.1, 0.15) is 46.7 Å². The summed E-state index contributed by atoms with van der Waals surface area (Å²) in [4.78, 5) is 49.7. The molecule has 5 aromatic rings. The summed E-state index contributed by atoms with van der Waals surface area (Å²) in [6, 6.07) is 18.4. The molecule has 9 nitrogen and oxygen atoms in total. The Labute approximate surface area is 199 Å². The SMILES string of the molecule is Cn1c(C(NC(=O)c2cnc3c(c2)c(=O)[nH]c(=O)n3C2CC2)c2ccccc2)nc2ccccc21. The van der Waals surface area contributed by atoms with Crippen molar-refractivity contribution in [2.75, 3.05) is 0 Å². The number of amides is 1. The van der Waals surface area contributed by atoms with E-state index in [0.717, 1.165) is 29.4 Å². The molecule has 0 saturated heterocycles. The van der Waals surface area contributed by atoms with Crippen LogP contribution >= 0.6 is 0 Å². The van der Waals surface area contributed by atoms with E-state index in [1.165, 1.54) is 16.8 Å². The topological polar surface area (TPSA) is 115 Å². The van der Waals surface area contributed by atoms with Gasteiger partial charge in [-0.3, -0.25) is 19.1 Å². The number of pyridine rings is 1. The second-order valence-corrected chi connectivity index (χ2v) is 8.79. The first kappa shape index (κ1) is 21.0. The van der Waals surface area contributed by atoms with E-state index in [0.29, 0.717) is 11.5 Å². The minimum atomic E-state index is -0.556. The fraction of sp³-hybridized carbons (Fsp3) is 0.192. The minimum absolute atomic E-state index is 0.0361. The smallest absolute Gasteiger partial charge is 0.330 e. The van der Waals surface area contributed by atoms with Crippen LogP contribution < -0.4 is 16.6 Å². The van der Waals surface area contributed by atoms with Gasteiger partial charge in [-0.25, -0.2) is 14.8 Å². The number of imidazole rings is 1. The van der Waals surface area contributed by atoms with Gasteiger partial charge in [0.05, 0.1) is 22.0 Å². The van der Waals surface area contributed by atoms with E-state index >= 15 is 0 Å². The number of H-pyrrole nitrogens is 1. The van der Waals surface area contributed by atoms with Crippen molar-refractivity contribution in [3.05, 3.63) is 105 Å². The molecule has 1 fully saturated rings. The molecule has 2 aromatic carbocycles. The third-order valence-electron chi connectivity index (χ3n) is 6.44. The molecule has 3 aromatic heterocycles. The number of para-hydroxylation sites is 2. The first-order chi connectivity index (χ1) is 17.0. The number of aryl methyl sites for hydroxylation is 1. The van der Waals surface area contributed by atoms with Gasteiger partial charge in [-0.1, -0.05) is 42.5 Å². The summed E-state index contributed by atoms with van der Waals surface area (Å²) in [5, 5.41) is 3.28. The Morgan fingerprint density at radius 2 is 1.83 bits per heavy atom. The molecular formula is C26H22N6O3. The lowest BCUT2D eigenvalue weighted by molar-refractivity contribution is 0.0941. The van der Waals surface area contributed by atoms with Crippen molar-refractivity contribution in [2.24, 2.45) is 7.05 Å². The molecule has 0 radical (unpaired) electrons. The van der Waals surface area contributed by atoms with Crippen LogP contribution in [0.25, 0.3) is 22.1 Å². The summed E-state index contributed by atoms with van der Waals surface area (Å²) in [5.74, 6) is 0.281. The molecule has 0 spiro atoms. The molecule has 1 atom stereocenters. The standard InChI is InChI=1S/C26H22N6O3/c1-31-20-10-6-5-9-19(20)28-23(31)21(15-7-3-2-4-8-15)29-24(33)16-13-18-22(27-14-16)32(17-11-12-17)26(35)30-25(18)34/h2-10,13-14,17,21H,11-12H2,1H3,(H,29,33)(H,30,34,35). The predicted molar refractivity (Wildman–Crippen MR) is 131 cm³/mol. The first-order valence-electron chi connectivity index (χ1n) is 11.4. The second-order valence-electron chi connectivity index (χ2n) is 8.79. The van der Waals surface area contributed by atoms with Gasteiger partial charge in [0.2, 0.25) is 0 Å².